The normalized spacial score (nSPS) is 14.3. The summed E-state index contributed by atoms with van der Waals surface area (Å²) in [5, 5.41) is 5.39. The lowest BCUT2D eigenvalue weighted by atomic mass is 9.98. The summed E-state index contributed by atoms with van der Waals surface area (Å²) in [4.78, 5) is 27.1. The van der Waals surface area contributed by atoms with Crippen molar-refractivity contribution in [3.8, 4) is 5.75 Å². The maximum absolute atomic E-state index is 12.5. The second-order valence-electron chi connectivity index (χ2n) is 7.64. The minimum Gasteiger partial charge on any atom is -0.494 e. The smallest absolute Gasteiger partial charge is 0.313 e. The molecule has 0 aliphatic carbocycles. The van der Waals surface area contributed by atoms with Gasteiger partial charge in [0.15, 0.2) is 0 Å². The van der Waals surface area contributed by atoms with E-state index in [1.54, 1.807) is 30.5 Å². The quantitative estimate of drug-likeness (QED) is 0.557. The molecule has 4 rings (SSSR count). The first-order valence-electron chi connectivity index (χ1n) is 10.8. The SMILES string of the molecule is CCOc1ccc(NC(=O)C(=O)NC[C@@H](c2ccco2)N2CCc3ccccc3C2)cc1. The van der Waals surface area contributed by atoms with Crippen LogP contribution in [0.4, 0.5) is 5.69 Å². The lowest BCUT2D eigenvalue weighted by Gasteiger charge is -2.34. The summed E-state index contributed by atoms with van der Waals surface area (Å²) < 4.78 is 11.0. The van der Waals surface area contributed by atoms with Crippen LogP contribution in [0.15, 0.2) is 71.3 Å². The Bertz CT molecular complexity index is 1050. The largest absolute Gasteiger partial charge is 0.494 e. The van der Waals surface area contributed by atoms with Crippen molar-refractivity contribution in [3.63, 3.8) is 0 Å². The number of nitrogens with zero attached hydrogens (tertiary/aromatic N) is 1. The fourth-order valence-electron chi connectivity index (χ4n) is 3.93. The van der Waals surface area contributed by atoms with Crippen LogP contribution in [0.5, 0.6) is 5.75 Å². The topological polar surface area (TPSA) is 83.8 Å². The first-order valence-corrected chi connectivity index (χ1v) is 10.8. The van der Waals surface area contributed by atoms with E-state index in [9.17, 15) is 9.59 Å². The maximum atomic E-state index is 12.5. The molecular weight excluding hydrogens is 406 g/mol. The molecule has 2 N–H and O–H groups in total. The van der Waals surface area contributed by atoms with E-state index in [0.717, 1.165) is 25.3 Å². The van der Waals surface area contributed by atoms with E-state index in [0.29, 0.717) is 18.0 Å². The van der Waals surface area contributed by atoms with E-state index in [1.807, 2.05) is 25.1 Å². The molecule has 1 aliphatic rings. The van der Waals surface area contributed by atoms with Crippen molar-refractivity contribution in [2.45, 2.75) is 25.9 Å². The van der Waals surface area contributed by atoms with Crippen molar-refractivity contribution < 1.29 is 18.7 Å². The number of furan rings is 1. The van der Waals surface area contributed by atoms with Crippen LogP contribution in [-0.2, 0) is 22.6 Å². The van der Waals surface area contributed by atoms with Gasteiger partial charge in [-0.1, -0.05) is 24.3 Å². The third kappa shape index (κ3) is 5.18. The van der Waals surface area contributed by atoms with E-state index in [4.69, 9.17) is 9.15 Å². The molecule has 1 aromatic heterocycles. The Morgan fingerprint density at radius 3 is 2.53 bits per heavy atom. The van der Waals surface area contributed by atoms with Gasteiger partial charge in [0.05, 0.1) is 18.9 Å². The fourth-order valence-corrected chi connectivity index (χ4v) is 3.93. The zero-order valence-corrected chi connectivity index (χ0v) is 18.0. The highest BCUT2D eigenvalue weighted by atomic mass is 16.5. The second kappa shape index (κ2) is 10.2. The number of hydrogen-bond acceptors (Lipinski definition) is 5. The summed E-state index contributed by atoms with van der Waals surface area (Å²) in [6, 6.07) is 18.8. The zero-order valence-electron chi connectivity index (χ0n) is 18.0. The third-order valence-electron chi connectivity index (χ3n) is 5.56. The van der Waals surface area contributed by atoms with Gasteiger partial charge in [-0.3, -0.25) is 14.5 Å². The Labute approximate surface area is 187 Å². The highest BCUT2D eigenvalue weighted by molar-refractivity contribution is 6.39. The van der Waals surface area contributed by atoms with Crippen LogP contribution < -0.4 is 15.4 Å². The number of fused-ring (bicyclic) bond motifs is 1. The molecule has 3 aromatic rings. The molecule has 0 fully saturated rings. The van der Waals surface area contributed by atoms with Gasteiger partial charge < -0.3 is 19.8 Å². The number of hydrogen-bond donors (Lipinski definition) is 2. The fraction of sp³-hybridized carbons (Fsp3) is 0.280. The molecule has 0 radical (unpaired) electrons. The lowest BCUT2D eigenvalue weighted by Crippen LogP contribution is -2.43. The maximum Gasteiger partial charge on any atom is 0.313 e. The summed E-state index contributed by atoms with van der Waals surface area (Å²) in [6.45, 7) is 4.34. The molecular formula is C25H27N3O4. The Morgan fingerprint density at radius 2 is 1.81 bits per heavy atom. The van der Waals surface area contributed by atoms with Gasteiger partial charge in [-0.25, -0.2) is 0 Å². The Hall–Kier alpha value is -3.58. The van der Waals surface area contributed by atoms with E-state index in [1.165, 1.54) is 11.1 Å². The van der Waals surface area contributed by atoms with Crippen LogP contribution in [0.1, 0.15) is 29.9 Å². The van der Waals surface area contributed by atoms with Gasteiger partial charge in [-0.15, -0.1) is 0 Å². The molecule has 0 bridgehead atoms. The number of rotatable bonds is 7. The predicted molar refractivity (Wildman–Crippen MR) is 121 cm³/mol. The minimum atomic E-state index is -0.712. The molecule has 2 amide bonds. The summed E-state index contributed by atoms with van der Waals surface area (Å²) in [5.41, 5.74) is 3.15. The van der Waals surface area contributed by atoms with Gasteiger partial charge in [0.2, 0.25) is 0 Å². The molecule has 32 heavy (non-hydrogen) atoms. The molecule has 2 heterocycles. The van der Waals surface area contributed by atoms with Crippen LogP contribution in [0.25, 0.3) is 0 Å². The molecule has 2 aromatic carbocycles. The van der Waals surface area contributed by atoms with Crippen LogP contribution in [0.3, 0.4) is 0 Å². The number of anilines is 1. The van der Waals surface area contributed by atoms with Gasteiger partial charge in [0.1, 0.15) is 11.5 Å². The van der Waals surface area contributed by atoms with Crippen molar-refractivity contribution in [3.05, 3.63) is 83.8 Å². The standard InChI is InChI=1S/C25H27N3O4/c1-2-31-21-11-9-20(10-12-21)27-25(30)24(29)26-16-22(23-8-5-15-32-23)28-14-13-18-6-3-4-7-19(18)17-28/h3-12,15,22H,2,13-14,16-17H2,1H3,(H,26,29)(H,27,30)/t22-/m0/s1. The van der Waals surface area contributed by atoms with Crippen LogP contribution in [0.2, 0.25) is 0 Å². The number of carbonyl (C=O) groups is 2. The molecule has 1 atom stereocenters. The average Bonchev–Trinajstić information content (AvgIpc) is 3.35. The summed E-state index contributed by atoms with van der Waals surface area (Å²) >= 11 is 0. The Morgan fingerprint density at radius 1 is 1.03 bits per heavy atom. The van der Waals surface area contributed by atoms with Gasteiger partial charge in [-0.2, -0.15) is 0 Å². The third-order valence-corrected chi connectivity index (χ3v) is 5.56. The number of ether oxygens (including phenoxy) is 1. The monoisotopic (exact) mass is 433 g/mol. The number of carbonyl (C=O) groups excluding carboxylic acids is 2. The minimum absolute atomic E-state index is 0.166. The molecule has 0 unspecified atom stereocenters. The van der Waals surface area contributed by atoms with Crippen molar-refractivity contribution >= 4 is 17.5 Å². The van der Waals surface area contributed by atoms with Gasteiger partial charge in [0.25, 0.3) is 0 Å². The Kier molecular flexibility index (Phi) is 6.87. The van der Waals surface area contributed by atoms with Crippen LogP contribution >= 0.6 is 0 Å². The number of amides is 2. The molecule has 166 valence electrons. The molecule has 7 nitrogen and oxygen atoms in total. The van der Waals surface area contributed by atoms with E-state index in [-0.39, 0.29) is 12.6 Å². The Balaban J connectivity index is 1.38. The average molecular weight is 434 g/mol. The van der Waals surface area contributed by atoms with E-state index >= 15 is 0 Å². The van der Waals surface area contributed by atoms with Gasteiger partial charge in [0, 0.05) is 25.3 Å². The number of nitrogens with one attached hydrogen (secondary N) is 2. The van der Waals surface area contributed by atoms with Gasteiger partial charge in [-0.05, 0) is 60.9 Å². The molecule has 0 saturated heterocycles. The molecule has 0 saturated carbocycles. The highest BCUT2D eigenvalue weighted by Gasteiger charge is 2.27. The second-order valence-corrected chi connectivity index (χ2v) is 7.64. The molecule has 0 spiro atoms. The predicted octanol–water partition coefficient (Wildman–Crippen LogP) is 3.53. The van der Waals surface area contributed by atoms with Gasteiger partial charge >= 0.3 is 11.8 Å². The van der Waals surface area contributed by atoms with Crippen molar-refractivity contribution in [2.75, 3.05) is 25.0 Å². The highest BCUT2D eigenvalue weighted by Crippen LogP contribution is 2.28. The first-order chi connectivity index (χ1) is 15.6. The van der Waals surface area contributed by atoms with Crippen LogP contribution in [0, 0.1) is 0 Å². The van der Waals surface area contributed by atoms with E-state index < -0.39 is 11.8 Å². The van der Waals surface area contributed by atoms with Crippen LogP contribution in [-0.4, -0.2) is 36.4 Å². The van der Waals surface area contributed by atoms with Crippen molar-refractivity contribution in [1.82, 2.24) is 10.2 Å². The van der Waals surface area contributed by atoms with Crippen molar-refractivity contribution in [1.29, 1.82) is 0 Å². The number of benzene rings is 2. The summed E-state index contributed by atoms with van der Waals surface area (Å²) in [5.74, 6) is 0.0696. The first kappa shape index (κ1) is 21.6. The summed E-state index contributed by atoms with van der Waals surface area (Å²) in [6.07, 6.45) is 2.56. The van der Waals surface area contributed by atoms with E-state index in [2.05, 4.69) is 33.7 Å². The zero-order chi connectivity index (χ0) is 22.3. The summed E-state index contributed by atoms with van der Waals surface area (Å²) in [7, 11) is 0. The molecule has 7 heteroatoms. The van der Waals surface area contributed by atoms with Crippen molar-refractivity contribution in [2.24, 2.45) is 0 Å². The molecule has 1 aliphatic heterocycles. The lowest BCUT2D eigenvalue weighted by molar-refractivity contribution is -0.136.